The number of carbonyl (C=O) groups excluding carboxylic acids is 1. The van der Waals surface area contributed by atoms with E-state index in [1.165, 1.54) is 5.56 Å². The zero-order chi connectivity index (χ0) is 17.6. The number of hydrogen-bond acceptors (Lipinski definition) is 3. The highest BCUT2D eigenvalue weighted by molar-refractivity contribution is 9.10. The molecule has 1 amide bonds. The number of aromatic nitrogens is 1. The Morgan fingerprint density at radius 2 is 2.04 bits per heavy atom. The Balaban J connectivity index is 1.53. The number of aryl methyl sites for hydroxylation is 1. The van der Waals surface area contributed by atoms with Crippen LogP contribution in [0.25, 0.3) is 10.2 Å². The summed E-state index contributed by atoms with van der Waals surface area (Å²) in [6.07, 6.45) is 1.36. The second kappa shape index (κ2) is 8.83. The Morgan fingerprint density at radius 1 is 1.24 bits per heavy atom. The zero-order valence-corrected chi connectivity index (χ0v) is 17.2. The Labute approximate surface area is 163 Å². The van der Waals surface area contributed by atoms with Crippen LogP contribution in [0.2, 0.25) is 0 Å². The fourth-order valence-electron chi connectivity index (χ4n) is 2.47. The Morgan fingerprint density at radius 3 is 2.84 bits per heavy atom. The van der Waals surface area contributed by atoms with Crippen LogP contribution >= 0.6 is 39.0 Å². The maximum Gasteiger partial charge on any atom is 0.248 e. The van der Waals surface area contributed by atoms with Crippen LogP contribution in [-0.4, -0.2) is 16.2 Å². The largest absolute Gasteiger partial charge is 0.319 e. The van der Waals surface area contributed by atoms with E-state index in [-0.39, 0.29) is 5.91 Å². The Kier molecular flexibility index (Phi) is 6.51. The van der Waals surface area contributed by atoms with Gasteiger partial charge >= 0.3 is 0 Å². The van der Waals surface area contributed by atoms with Gasteiger partial charge in [-0.05, 0) is 35.9 Å². The normalized spacial score (nSPS) is 12.0. The van der Waals surface area contributed by atoms with Crippen molar-refractivity contribution >= 4 is 55.2 Å². The minimum atomic E-state index is -0.0402. The van der Waals surface area contributed by atoms with Crippen molar-refractivity contribution in [2.24, 2.45) is 12.0 Å². The van der Waals surface area contributed by atoms with E-state index < -0.39 is 0 Å². The van der Waals surface area contributed by atoms with E-state index in [1.54, 1.807) is 11.3 Å². The van der Waals surface area contributed by atoms with E-state index in [9.17, 15) is 4.79 Å². The lowest BCUT2D eigenvalue weighted by Gasteiger charge is -2.00. The van der Waals surface area contributed by atoms with E-state index in [1.807, 2.05) is 41.6 Å². The van der Waals surface area contributed by atoms with Crippen LogP contribution in [-0.2, 0) is 17.6 Å². The third kappa shape index (κ3) is 5.06. The van der Waals surface area contributed by atoms with E-state index >= 15 is 0 Å². The van der Waals surface area contributed by atoms with Gasteiger partial charge in [0.2, 0.25) is 5.91 Å². The summed E-state index contributed by atoms with van der Waals surface area (Å²) in [5, 5.41) is 0. The summed E-state index contributed by atoms with van der Waals surface area (Å²) in [4.78, 5) is 17.2. The van der Waals surface area contributed by atoms with Crippen molar-refractivity contribution in [1.82, 2.24) is 4.57 Å². The summed E-state index contributed by atoms with van der Waals surface area (Å²) >= 11 is 6.89. The number of halogens is 1. The van der Waals surface area contributed by atoms with Gasteiger partial charge in [-0.15, -0.1) is 0 Å². The second-order valence-corrected chi connectivity index (χ2v) is 8.73. The quantitative estimate of drug-likeness (QED) is 0.503. The first-order chi connectivity index (χ1) is 12.1. The molecule has 0 aliphatic heterocycles. The molecule has 0 aliphatic rings. The lowest BCUT2D eigenvalue weighted by molar-refractivity contribution is -0.118. The number of hydrogen-bond donors (Lipinski definition) is 0. The molecular formula is C19H19BrN2OS2. The minimum Gasteiger partial charge on any atom is -0.319 e. The predicted octanol–water partition coefficient (Wildman–Crippen LogP) is 5.14. The average Bonchev–Trinajstić information content (AvgIpc) is 2.90. The number of carbonyl (C=O) groups is 1. The van der Waals surface area contributed by atoms with Crippen molar-refractivity contribution in [3.63, 3.8) is 0 Å². The smallest absolute Gasteiger partial charge is 0.248 e. The number of fused-ring (bicyclic) bond motifs is 1. The van der Waals surface area contributed by atoms with Crippen LogP contribution < -0.4 is 4.80 Å². The molecule has 3 aromatic rings. The van der Waals surface area contributed by atoms with E-state index in [0.29, 0.717) is 6.42 Å². The summed E-state index contributed by atoms with van der Waals surface area (Å²) in [6, 6.07) is 16.5. The molecule has 130 valence electrons. The standard InChI is InChI=1S/C19H19BrN2OS2/c1-22-16-10-9-15(20)12-17(16)25-19(22)21-18(23)8-5-11-24-13-14-6-3-2-4-7-14/h2-4,6-7,9-10,12H,5,8,11,13H2,1H3. The molecule has 0 fully saturated rings. The van der Waals surface area contributed by atoms with Gasteiger partial charge in [0.25, 0.3) is 0 Å². The van der Waals surface area contributed by atoms with Gasteiger partial charge in [0, 0.05) is 23.7 Å². The van der Waals surface area contributed by atoms with Gasteiger partial charge in [-0.1, -0.05) is 57.6 Å². The molecule has 0 bridgehead atoms. The molecule has 25 heavy (non-hydrogen) atoms. The SMILES string of the molecule is Cn1c(=NC(=O)CCCSCc2ccccc2)sc2cc(Br)ccc21. The molecule has 2 aromatic carbocycles. The summed E-state index contributed by atoms with van der Waals surface area (Å²) in [5.41, 5.74) is 2.42. The number of benzene rings is 2. The highest BCUT2D eigenvalue weighted by Crippen LogP contribution is 2.21. The third-order valence-corrected chi connectivity index (χ3v) is 6.49. The molecule has 3 nitrogen and oxygen atoms in total. The number of thiazole rings is 1. The number of rotatable bonds is 6. The van der Waals surface area contributed by atoms with Crippen LogP contribution in [0.15, 0.2) is 58.0 Å². The number of amides is 1. The highest BCUT2D eigenvalue weighted by atomic mass is 79.9. The molecular weight excluding hydrogens is 416 g/mol. The van der Waals surface area contributed by atoms with Crippen molar-refractivity contribution in [3.05, 3.63) is 63.4 Å². The first kappa shape index (κ1) is 18.4. The number of thioether (sulfide) groups is 1. The second-order valence-electron chi connectivity index (χ2n) is 5.70. The van der Waals surface area contributed by atoms with Crippen LogP contribution in [0.1, 0.15) is 18.4 Å². The average molecular weight is 435 g/mol. The fraction of sp³-hybridized carbons (Fsp3) is 0.263. The molecule has 1 aromatic heterocycles. The molecule has 1 heterocycles. The van der Waals surface area contributed by atoms with Gasteiger partial charge in [0.05, 0.1) is 10.2 Å². The zero-order valence-electron chi connectivity index (χ0n) is 13.9. The third-order valence-electron chi connectivity index (χ3n) is 3.78. The van der Waals surface area contributed by atoms with Crippen molar-refractivity contribution in [1.29, 1.82) is 0 Å². The molecule has 0 aliphatic carbocycles. The van der Waals surface area contributed by atoms with E-state index in [0.717, 1.165) is 37.4 Å². The summed E-state index contributed by atoms with van der Waals surface area (Å²) in [6.45, 7) is 0. The van der Waals surface area contributed by atoms with E-state index in [4.69, 9.17) is 0 Å². The summed E-state index contributed by atoms with van der Waals surface area (Å²) in [7, 11) is 1.95. The van der Waals surface area contributed by atoms with Crippen LogP contribution in [0, 0.1) is 0 Å². The first-order valence-electron chi connectivity index (χ1n) is 8.08. The molecule has 0 atom stereocenters. The van der Waals surface area contributed by atoms with Crippen LogP contribution in [0.4, 0.5) is 0 Å². The summed E-state index contributed by atoms with van der Waals surface area (Å²) < 4.78 is 4.14. The maximum atomic E-state index is 12.1. The van der Waals surface area contributed by atoms with Crippen LogP contribution in [0.5, 0.6) is 0 Å². The fourth-order valence-corrected chi connectivity index (χ4v) is 4.98. The van der Waals surface area contributed by atoms with Crippen molar-refractivity contribution in [2.75, 3.05) is 5.75 Å². The molecule has 0 unspecified atom stereocenters. The van der Waals surface area contributed by atoms with Gasteiger partial charge in [-0.3, -0.25) is 4.79 Å². The van der Waals surface area contributed by atoms with Crippen molar-refractivity contribution < 1.29 is 4.79 Å². The monoisotopic (exact) mass is 434 g/mol. The van der Waals surface area contributed by atoms with Crippen LogP contribution in [0.3, 0.4) is 0 Å². The van der Waals surface area contributed by atoms with Gasteiger partial charge in [0.1, 0.15) is 0 Å². The van der Waals surface area contributed by atoms with Crippen molar-refractivity contribution in [2.45, 2.75) is 18.6 Å². The Bertz CT molecular complexity index is 931. The lowest BCUT2D eigenvalue weighted by atomic mass is 10.2. The van der Waals surface area contributed by atoms with Gasteiger partial charge in [-0.2, -0.15) is 16.8 Å². The summed E-state index contributed by atoms with van der Waals surface area (Å²) in [5.74, 6) is 1.93. The molecule has 0 saturated carbocycles. The van der Waals surface area contributed by atoms with Gasteiger partial charge in [0.15, 0.2) is 4.80 Å². The maximum absolute atomic E-state index is 12.1. The number of nitrogens with zero attached hydrogens (tertiary/aromatic N) is 2. The molecule has 0 N–H and O–H groups in total. The van der Waals surface area contributed by atoms with Crippen molar-refractivity contribution in [3.8, 4) is 0 Å². The lowest BCUT2D eigenvalue weighted by Crippen LogP contribution is -2.13. The topological polar surface area (TPSA) is 34.4 Å². The van der Waals surface area contributed by atoms with Gasteiger partial charge in [-0.25, -0.2) is 0 Å². The Hall–Kier alpha value is -1.37. The molecule has 0 saturated heterocycles. The van der Waals surface area contributed by atoms with Gasteiger partial charge < -0.3 is 4.57 Å². The molecule has 0 spiro atoms. The highest BCUT2D eigenvalue weighted by Gasteiger charge is 2.05. The first-order valence-corrected chi connectivity index (χ1v) is 10.8. The molecule has 0 radical (unpaired) electrons. The minimum absolute atomic E-state index is 0.0402. The van der Waals surface area contributed by atoms with E-state index in [2.05, 4.69) is 51.3 Å². The molecule has 3 rings (SSSR count). The molecule has 6 heteroatoms. The predicted molar refractivity (Wildman–Crippen MR) is 111 cm³/mol.